The normalized spacial score (nSPS) is 10.7. The number of benzene rings is 1. The third kappa shape index (κ3) is 1.93. The second kappa shape index (κ2) is 4.49. The van der Waals surface area contributed by atoms with E-state index in [9.17, 15) is 0 Å². The van der Waals surface area contributed by atoms with Crippen LogP contribution in [0.3, 0.4) is 0 Å². The standard InChI is InChI=1S/C14H12N3O/c1-2-17-14-8-12(6-5-11(14)9-16-17)18-13-4-3-7-15-10-13/h3-8,10H,2H2,1H3. The van der Waals surface area contributed by atoms with Crippen molar-refractivity contribution in [3.8, 4) is 11.5 Å². The molecule has 0 aliphatic heterocycles. The molecular formula is C14H12N3O. The van der Waals surface area contributed by atoms with Crippen LogP contribution in [-0.4, -0.2) is 14.8 Å². The van der Waals surface area contributed by atoms with E-state index in [0.717, 1.165) is 28.9 Å². The topological polar surface area (TPSA) is 39.9 Å². The Balaban J connectivity index is 1.97. The summed E-state index contributed by atoms with van der Waals surface area (Å²) in [5, 5.41) is 5.18. The summed E-state index contributed by atoms with van der Waals surface area (Å²) in [6, 6.07) is 9.56. The Morgan fingerprint density at radius 1 is 1.28 bits per heavy atom. The Kier molecular flexibility index (Phi) is 2.68. The lowest BCUT2D eigenvalue weighted by Gasteiger charge is -2.05. The minimum atomic E-state index is 0.725. The molecule has 4 nitrogen and oxygen atoms in total. The van der Waals surface area contributed by atoms with Crippen LogP contribution in [0.25, 0.3) is 10.9 Å². The number of hydrogen-bond donors (Lipinski definition) is 0. The van der Waals surface area contributed by atoms with E-state index >= 15 is 0 Å². The van der Waals surface area contributed by atoms with E-state index in [4.69, 9.17) is 4.74 Å². The van der Waals surface area contributed by atoms with Crippen LogP contribution in [0.15, 0.2) is 42.7 Å². The fourth-order valence-corrected chi connectivity index (χ4v) is 1.84. The molecule has 0 fully saturated rings. The molecule has 0 unspecified atom stereocenters. The van der Waals surface area contributed by atoms with Gasteiger partial charge in [0.25, 0.3) is 0 Å². The number of hydrogen-bond acceptors (Lipinski definition) is 3. The lowest BCUT2D eigenvalue weighted by atomic mass is 10.2. The van der Waals surface area contributed by atoms with Gasteiger partial charge in [0.05, 0.1) is 11.7 Å². The molecule has 0 bridgehead atoms. The van der Waals surface area contributed by atoms with E-state index in [1.165, 1.54) is 0 Å². The van der Waals surface area contributed by atoms with Crippen LogP contribution in [0.2, 0.25) is 0 Å². The third-order valence-corrected chi connectivity index (χ3v) is 2.71. The first-order valence-electron chi connectivity index (χ1n) is 5.83. The molecule has 2 aromatic heterocycles. The number of aryl methyl sites for hydroxylation is 1. The highest BCUT2D eigenvalue weighted by Gasteiger charge is 2.04. The van der Waals surface area contributed by atoms with Gasteiger partial charge < -0.3 is 4.74 Å². The van der Waals surface area contributed by atoms with Crippen molar-refractivity contribution in [2.75, 3.05) is 0 Å². The second-order valence-electron chi connectivity index (χ2n) is 3.90. The molecule has 3 rings (SSSR count). The number of aromatic nitrogens is 3. The van der Waals surface area contributed by atoms with E-state index in [2.05, 4.69) is 23.2 Å². The van der Waals surface area contributed by atoms with E-state index in [0.29, 0.717) is 0 Å². The summed E-state index contributed by atoms with van der Waals surface area (Å²) >= 11 is 0. The van der Waals surface area contributed by atoms with Crippen molar-refractivity contribution in [3.63, 3.8) is 0 Å². The molecule has 1 radical (unpaired) electrons. The molecule has 0 aliphatic rings. The lowest BCUT2D eigenvalue weighted by molar-refractivity contribution is 0.480. The molecule has 0 spiro atoms. The van der Waals surface area contributed by atoms with Gasteiger partial charge >= 0.3 is 0 Å². The van der Waals surface area contributed by atoms with Gasteiger partial charge in [0.1, 0.15) is 17.7 Å². The molecule has 0 saturated carbocycles. The monoisotopic (exact) mass is 238 g/mol. The van der Waals surface area contributed by atoms with Gasteiger partial charge in [0.15, 0.2) is 0 Å². The maximum atomic E-state index is 5.74. The quantitative estimate of drug-likeness (QED) is 0.704. The zero-order valence-electron chi connectivity index (χ0n) is 10.00. The Morgan fingerprint density at radius 2 is 2.22 bits per heavy atom. The number of nitrogens with zero attached hydrogens (tertiary/aromatic N) is 3. The number of fused-ring (bicyclic) bond motifs is 1. The SMILES string of the molecule is CCn1n[c]c2ccc(Oc3cccnc3)cc21. The first kappa shape index (κ1) is 10.8. The maximum Gasteiger partial charge on any atom is 0.145 e. The predicted octanol–water partition coefficient (Wildman–Crippen LogP) is 3.04. The third-order valence-electron chi connectivity index (χ3n) is 2.71. The van der Waals surface area contributed by atoms with Gasteiger partial charge in [-0.3, -0.25) is 9.67 Å². The zero-order valence-corrected chi connectivity index (χ0v) is 10.00. The first-order chi connectivity index (χ1) is 8.86. The highest BCUT2D eigenvalue weighted by Crippen LogP contribution is 2.24. The van der Waals surface area contributed by atoms with Crippen molar-refractivity contribution in [2.24, 2.45) is 0 Å². The van der Waals surface area contributed by atoms with Crippen LogP contribution in [0.5, 0.6) is 11.5 Å². The maximum absolute atomic E-state index is 5.74. The molecule has 18 heavy (non-hydrogen) atoms. The summed E-state index contributed by atoms with van der Waals surface area (Å²) in [6.45, 7) is 2.87. The van der Waals surface area contributed by atoms with E-state index in [-0.39, 0.29) is 0 Å². The Morgan fingerprint density at radius 3 is 3.00 bits per heavy atom. The van der Waals surface area contributed by atoms with E-state index < -0.39 is 0 Å². The van der Waals surface area contributed by atoms with Gasteiger partial charge in [0, 0.05) is 24.2 Å². The summed E-state index contributed by atoms with van der Waals surface area (Å²) < 4.78 is 7.63. The summed E-state index contributed by atoms with van der Waals surface area (Å²) in [7, 11) is 0. The second-order valence-corrected chi connectivity index (χ2v) is 3.90. The minimum Gasteiger partial charge on any atom is -0.456 e. The van der Waals surface area contributed by atoms with E-state index in [1.54, 1.807) is 12.4 Å². The Hall–Kier alpha value is -2.36. The largest absolute Gasteiger partial charge is 0.456 e. The Bertz CT molecular complexity index is 661. The molecule has 2 heterocycles. The lowest BCUT2D eigenvalue weighted by Crippen LogP contribution is -1.95. The summed E-state index contributed by atoms with van der Waals surface area (Å²) in [5.41, 5.74) is 1.03. The van der Waals surface area contributed by atoms with Crippen molar-refractivity contribution in [2.45, 2.75) is 13.5 Å². The molecule has 0 aliphatic carbocycles. The molecule has 89 valence electrons. The molecule has 0 amide bonds. The van der Waals surface area contributed by atoms with Crippen LogP contribution in [0.4, 0.5) is 0 Å². The predicted molar refractivity (Wildman–Crippen MR) is 68.6 cm³/mol. The van der Waals surface area contributed by atoms with Gasteiger partial charge in [-0.05, 0) is 31.2 Å². The summed E-state index contributed by atoms with van der Waals surface area (Å²) in [4.78, 5) is 4.02. The van der Waals surface area contributed by atoms with Crippen LogP contribution in [-0.2, 0) is 6.54 Å². The molecule has 0 N–H and O–H groups in total. The molecule has 4 heteroatoms. The highest BCUT2D eigenvalue weighted by atomic mass is 16.5. The minimum absolute atomic E-state index is 0.725. The van der Waals surface area contributed by atoms with Crippen molar-refractivity contribution >= 4 is 10.9 Å². The van der Waals surface area contributed by atoms with Crippen LogP contribution >= 0.6 is 0 Å². The fraction of sp³-hybridized carbons (Fsp3) is 0.143. The van der Waals surface area contributed by atoms with Crippen LogP contribution in [0, 0.1) is 6.20 Å². The highest BCUT2D eigenvalue weighted by molar-refractivity contribution is 5.79. The summed E-state index contributed by atoms with van der Waals surface area (Å²) in [5.74, 6) is 1.50. The van der Waals surface area contributed by atoms with E-state index in [1.807, 2.05) is 35.0 Å². The molecule has 3 aromatic rings. The fourth-order valence-electron chi connectivity index (χ4n) is 1.84. The number of ether oxygens (including phenoxy) is 1. The van der Waals surface area contributed by atoms with Gasteiger partial charge in [-0.2, -0.15) is 5.10 Å². The van der Waals surface area contributed by atoms with Crippen molar-refractivity contribution in [1.29, 1.82) is 0 Å². The summed E-state index contributed by atoms with van der Waals surface area (Å²) in [6.07, 6.45) is 6.38. The van der Waals surface area contributed by atoms with Crippen LogP contribution in [0.1, 0.15) is 6.92 Å². The Labute approximate surface area is 105 Å². The van der Waals surface area contributed by atoms with Crippen molar-refractivity contribution in [3.05, 3.63) is 48.9 Å². The number of rotatable bonds is 3. The van der Waals surface area contributed by atoms with Gasteiger partial charge in [-0.15, -0.1) is 0 Å². The van der Waals surface area contributed by atoms with Crippen molar-refractivity contribution in [1.82, 2.24) is 14.8 Å². The molecule has 1 aromatic carbocycles. The van der Waals surface area contributed by atoms with Gasteiger partial charge in [-0.25, -0.2) is 0 Å². The molecular weight excluding hydrogens is 226 g/mol. The first-order valence-corrected chi connectivity index (χ1v) is 5.83. The average molecular weight is 238 g/mol. The number of pyridine rings is 1. The van der Waals surface area contributed by atoms with Gasteiger partial charge in [0.2, 0.25) is 0 Å². The van der Waals surface area contributed by atoms with Crippen LogP contribution < -0.4 is 4.74 Å². The smallest absolute Gasteiger partial charge is 0.145 e. The molecule has 0 saturated heterocycles. The zero-order chi connectivity index (χ0) is 12.4. The average Bonchev–Trinajstić information content (AvgIpc) is 2.82. The van der Waals surface area contributed by atoms with Gasteiger partial charge in [-0.1, -0.05) is 0 Å². The van der Waals surface area contributed by atoms with Crippen molar-refractivity contribution < 1.29 is 4.74 Å². The molecule has 0 atom stereocenters.